The lowest BCUT2D eigenvalue weighted by molar-refractivity contribution is 0.102. The van der Waals surface area contributed by atoms with E-state index in [-0.39, 0.29) is 17.0 Å². The van der Waals surface area contributed by atoms with Crippen molar-refractivity contribution < 1.29 is 13.2 Å². The molecule has 0 atom stereocenters. The SMILES string of the molecule is Cc1ccc(C(=O)Nc2ccc(CC#N)cc2)cc1S(=O)(=O)NCc1ccccc1. The summed E-state index contributed by atoms with van der Waals surface area (Å²) in [4.78, 5) is 12.7. The van der Waals surface area contributed by atoms with E-state index in [9.17, 15) is 13.2 Å². The molecule has 7 heteroatoms. The van der Waals surface area contributed by atoms with Crippen LogP contribution in [0.4, 0.5) is 5.69 Å². The van der Waals surface area contributed by atoms with Crippen LogP contribution >= 0.6 is 0 Å². The van der Waals surface area contributed by atoms with Gasteiger partial charge in [0.1, 0.15) is 0 Å². The van der Waals surface area contributed by atoms with Crippen LogP contribution in [0, 0.1) is 18.3 Å². The Labute approximate surface area is 176 Å². The van der Waals surface area contributed by atoms with Crippen LogP contribution in [0.3, 0.4) is 0 Å². The zero-order valence-corrected chi connectivity index (χ0v) is 17.2. The Hall–Kier alpha value is -3.47. The minimum Gasteiger partial charge on any atom is -0.322 e. The highest BCUT2D eigenvalue weighted by Crippen LogP contribution is 2.19. The van der Waals surface area contributed by atoms with Crippen molar-refractivity contribution in [2.45, 2.75) is 24.8 Å². The van der Waals surface area contributed by atoms with Crippen LogP contribution in [-0.2, 0) is 23.0 Å². The largest absolute Gasteiger partial charge is 0.322 e. The van der Waals surface area contributed by atoms with Crippen LogP contribution in [0.2, 0.25) is 0 Å². The highest BCUT2D eigenvalue weighted by Gasteiger charge is 2.19. The summed E-state index contributed by atoms with van der Waals surface area (Å²) >= 11 is 0. The summed E-state index contributed by atoms with van der Waals surface area (Å²) in [6.45, 7) is 1.85. The summed E-state index contributed by atoms with van der Waals surface area (Å²) < 4.78 is 28.2. The molecule has 30 heavy (non-hydrogen) atoms. The summed E-state index contributed by atoms with van der Waals surface area (Å²) in [5.74, 6) is -0.414. The molecule has 0 bridgehead atoms. The van der Waals surface area contributed by atoms with E-state index in [2.05, 4.69) is 16.1 Å². The maximum atomic E-state index is 12.8. The Morgan fingerprint density at radius 3 is 2.33 bits per heavy atom. The van der Waals surface area contributed by atoms with Crippen molar-refractivity contribution in [1.82, 2.24) is 4.72 Å². The van der Waals surface area contributed by atoms with Gasteiger partial charge in [-0.25, -0.2) is 13.1 Å². The van der Waals surface area contributed by atoms with Gasteiger partial charge in [-0.15, -0.1) is 0 Å². The smallest absolute Gasteiger partial charge is 0.255 e. The standard InChI is InChI=1S/C23H21N3O3S/c1-17-7-10-20(23(27)26-21-11-8-18(9-12-21)13-14-24)15-22(17)30(28,29)25-16-19-5-3-2-4-6-19/h2-12,15,25H,13,16H2,1H3,(H,26,27). The normalized spacial score (nSPS) is 10.9. The highest BCUT2D eigenvalue weighted by atomic mass is 32.2. The molecule has 3 rings (SSSR count). The van der Waals surface area contributed by atoms with Crippen molar-refractivity contribution in [3.05, 3.63) is 95.1 Å². The number of sulfonamides is 1. The first-order chi connectivity index (χ1) is 14.4. The summed E-state index contributed by atoms with van der Waals surface area (Å²) in [6.07, 6.45) is 0.295. The first-order valence-electron chi connectivity index (χ1n) is 9.30. The average molecular weight is 420 g/mol. The molecule has 3 aromatic carbocycles. The fourth-order valence-electron chi connectivity index (χ4n) is 2.88. The van der Waals surface area contributed by atoms with Crippen molar-refractivity contribution in [3.63, 3.8) is 0 Å². The van der Waals surface area contributed by atoms with Crippen molar-refractivity contribution in [1.29, 1.82) is 5.26 Å². The lowest BCUT2D eigenvalue weighted by Crippen LogP contribution is -2.24. The van der Waals surface area contributed by atoms with E-state index in [1.54, 1.807) is 43.3 Å². The van der Waals surface area contributed by atoms with Crippen molar-refractivity contribution in [3.8, 4) is 6.07 Å². The molecular formula is C23H21N3O3S. The quantitative estimate of drug-likeness (QED) is 0.609. The van der Waals surface area contributed by atoms with Crippen LogP contribution in [-0.4, -0.2) is 14.3 Å². The van der Waals surface area contributed by atoms with Crippen LogP contribution in [0.5, 0.6) is 0 Å². The van der Waals surface area contributed by atoms with Gasteiger partial charge in [0.25, 0.3) is 5.91 Å². The Bertz CT molecular complexity index is 1180. The van der Waals surface area contributed by atoms with Gasteiger partial charge in [-0.2, -0.15) is 5.26 Å². The van der Waals surface area contributed by atoms with E-state index < -0.39 is 15.9 Å². The molecule has 0 unspecified atom stereocenters. The molecule has 6 nitrogen and oxygen atoms in total. The van der Waals surface area contributed by atoms with Crippen LogP contribution in [0.1, 0.15) is 27.0 Å². The van der Waals surface area contributed by atoms with Crippen molar-refractivity contribution >= 4 is 21.6 Å². The molecule has 2 N–H and O–H groups in total. The molecule has 0 saturated heterocycles. The topological polar surface area (TPSA) is 99.1 Å². The molecule has 0 spiro atoms. The summed E-state index contributed by atoms with van der Waals surface area (Å²) in [5, 5.41) is 11.5. The second kappa shape index (κ2) is 9.35. The van der Waals surface area contributed by atoms with Gasteiger partial charge in [-0.3, -0.25) is 4.79 Å². The number of carbonyl (C=O) groups is 1. The number of carbonyl (C=O) groups excluding carboxylic acids is 1. The zero-order chi connectivity index (χ0) is 21.6. The maximum absolute atomic E-state index is 12.8. The van der Waals surface area contributed by atoms with Gasteiger partial charge in [0, 0.05) is 17.8 Å². The van der Waals surface area contributed by atoms with Gasteiger partial charge >= 0.3 is 0 Å². The van der Waals surface area contributed by atoms with E-state index in [4.69, 9.17) is 5.26 Å². The van der Waals surface area contributed by atoms with Crippen LogP contribution < -0.4 is 10.0 Å². The third kappa shape index (κ3) is 5.32. The number of nitriles is 1. The van der Waals surface area contributed by atoms with Gasteiger partial charge in [-0.05, 0) is 47.9 Å². The van der Waals surface area contributed by atoms with E-state index in [0.29, 0.717) is 17.7 Å². The highest BCUT2D eigenvalue weighted by molar-refractivity contribution is 7.89. The lowest BCUT2D eigenvalue weighted by Gasteiger charge is -2.12. The second-order valence-electron chi connectivity index (χ2n) is 6.78. The van der Waals surface area contributed by atoms with Crippen molar-refractivity contribution in [2.75, 3.05) is 5.32 Å². The van der Waals surface area contributed by atoms with Gasteiger partial charge in [0.05, 0.1) is 17.4 Å². The second-order valence-corrected chi connectivity index (χ2v) is 8.51. The molecule has 0 saturated carbocycles. The Morgan fingerprint density at radius 2 is 1.67 bits per heavy atom. The first-order valence-corrected chi connectivity index (χ1v) is 10.8. The molecule has 0 aliphatic carbocycles. The number of hydrogen-bond donors (Lipinski definition) is 2. The number of amides is 1. The predicted molar refractivity (Wildman–Crippen MR) is 115 cm³/mol. The Morgan fingerprint density at radius 1 is 0.967 bits per heavy atom. The molecule has 152 valence electrons. The summed E-state index contributed by atoms with van der Waals surface area (Å²) in [5.41, 5.74) is 3.04. The van der Waals surface area contributed by atoms with Crippen molar-refractivity contribution in [2.24, 2.45) is 0 Å². The number of nitrogens with zero attached hydrogens (tertiary/aromatic N) is 1. The van der Waals surface area contributed by atoms with E-state index in [0.717, 1.165) is 11.1 Å². The number of rotatable bonds is 7. The molecule has 0 radical (unpaired) electrons. The summed E-state index contributed by atoms with van der Waals surface area (Å²) in [7, 11) is -3.79. The lowest BCUT2D eigenvalue weighted by atomic mass is 10.1. The minimum absolute atomic E-state index is 0.0652. The Kier molecular flexibility index (Phi) is 6.62. The molecule has 0 aromatic heterocycles. The maximum Gasteiger partial charge on any atom is 0.255 e. The van der Waals surface area contributed by atoms with E-state index in [1.165, 1.54) is 6.07 Å². The Balaban J connectivity index is 1.76. The van der Waals surface area contributed by atoms with Gasteiger partial charge < -0.3 is 5.32 Å². The number of aryl methyl sites for hydroxylation is 1. The molecule has 3 aromatic rings. The third-order valence-electron chi connectivity index (χ3n) is 4.54. The fourth-order valence-corrected chi connectivity index (χ4v) is 4.17. The number of benzene rings is 3. The molecule has 0 heterocycles. The fraction of sp³-hybridized carbons (Fsp3) is 0.130. The van der Waals surface area contributed by atoms with Crippen LogP contribution in [0.25, 0.3) is 0 Å². The van der Waals surface area contributed by atoms with Gasteiger partial charge in [-0.1, -0.05) is 48.5 Å². The number of nitrogens with one attached hydrogen (secondary N) is 2. The number of hydrogen-bond acceptors (Lipinski definition) is 4. The monoisotopic (exact) mass is 419 g/mol. The minimum atomic E-state index is -3.79. The predicted octanol–water partition coefficient (Wildman–Crippen LogP) is 3.79. The molecule has 0 fully saturated rings. The first kappa shape index (κ1) is 21.2. The van der Waals surface area contributed by atoms with Gasteiger partial charge in [0.2, 0.25) is 10.0 Å². The summed E-state index contributed by atoms with van der Waals surface area (Å²) in [6, 6.07) is 22.8. The molecular weight excluding hydrogens is 398 g/mol. The zero-order valence-electron chi connectivity index (χ0n) is 16.4. The third-order valence-corrected chi connectivity index (χ3v) is 6.09. The van der Waals surface area contributed by atoms with E-state index >= 15 is 0 Å². The van der Waals surface area contributed by atoms with Crippen LogP contribution in [0.15, 0.2) is 77.7 Å². The number of anilines is 1. The van der Waals surface area contributed by atoms with Gasteiger partial charge in [0.15, 0.2) is 0 Å². The molecule has 0 aliphatic heterocycles. The molecule has 1 amide bonds. The van der Waals surface area contributed by atoms with E-state index in [1.807, 2.05) is 30.3 Å². The average Bonchev–Trinajstić information content (AvgIpc) is 2.75. The molecule has 0 aliphatic rings.